The number of hydrogen-bond donors (Lipinski definition) is 0. The van der Waals surface area contributed by atoms with E-state index in [4.69, 9.17) is 9.47 Å². The van der Waals surface area contributed by atoms with E-state index >= 15 is 0 Å². The summed E-state index contributed by atoms with van der Waals surface area (Å²) in [5.41, 5.74) is 5.12. The highest BCUT2D eigenvalue weighted by Gasteiger charge is 2.19. The molecule has 0 N–H and O–H groups in total. The van der Waals surface area contributed by atoms with Crippen LogP contribution < -0.4 is 4.74 Å². The molecule has 0 fully saturated rings. The first-order valence-electron chi connectivity index (χ1n) is 11.1. The lowest BCUT2D eigenvalue weighted by molar-refractivity contribution is 0.0526. The second-order valence-corrected chi connectivity index (χ2v) is 7.87. The average Bonchev–Trinajstić information content (AvgIpc) is 2.88. The van der Waals surface area contributed by atoms with Crippen molar-refractivity contribution in [2.75, 3.05) is 13.7 Å². The molecule has 0 amide bonds. The number of benzene rings is 5. The smallest absolute Gasteiger partial charge is 0.338 e. The summed E-state index contributed by atoms with van der Waals surface area (Å²) in [6, 6.07) is 32.8. The van der Waals surface area contributed by atoms with Gasteiger partial charge in [-0.15, -0.1) is 0 Å². The highest BCUT2D eigenvalue weighted by Crippen LogP contribution is 2.45. The molecule has 0 unspecified atom stereocenters. The predicted molar refractivity (Wildman–Crippen MR) is 135 cm³/mol. The van der Waals surface area contributed by atoms with E-state index in [1.807, 2.05) is 49.4 Å². The van der Waals surface area contributed by atoms with Crippen molar-refractivity contribution in [3.63, 3.8) is 0 Å². The van der Waals surface area contributed by atoms with Gasteiger partial charge in [0, 0.05) is 0 Å². The molecule has 0 bridgehead atoms. The maximum atomic E-state index is 12.5. The molecule has 0 spiro atoms. The normalized spacial score (nSPS) is 11.0. The van der Waals surface area contributed by atoms with Crippen LogP contribution in [0.25, 0.3) is 43.8 Å². The summed E-state index contributed by atoms with van der Waals surface area (Å²) in [5, 5.41) is 4.21. The van der Waals surface area contributed by atoms with Crippen LogP contribution in [0.5, 0.6) is 5.75 Å². The van der Waals surface area contributed by atoms with Gasteiger partial charge >= 0.3 is 5.97 Å². The fourth-order valence-electron chi connectivity index (χ4n) is 4.50. The topological polar surface area (TPSA) is 35.5 Å². The molecule has 5 aromatic rings. The fourth-order valence-corrected chi connectivity index (χ4v) is 4.50. The minimum absolute atomic E-state index is 0.316. The van der Waals surface area contributed by atoms with Crippen molar-refractivity contribution in [3.05, 3.63) is 103 Å². The van der Waals surface area contributed by atoms with Gasteiger partial charge in [-0.1, -0.05) is 72.8 Å². The molecule has 0 heterocycles. The quantitative estimate of drug-likeness (QED) is 0.213. The molecule has 3 heteroatoms. The van der Waals surface area contributed by atoms with Crippen molar-refractivity contribution in [2.24, 2.45) is 0 Å². The van der Waals surface area contributed by atoms with Crippen molar-refractivity contribution in [1.29, 1.82) is 0 Å². The van der Waals surface area contributed by atoms with Crippen molar-refractivity contribution < 1.29 is 14.3 Å². The number of carbonyl (C=O) groups is 1. The fraction of sp³-hybridized carbons (Fsp3) is 0.100. The molecule has 5 aromatic carbocycles. The third-order valence-corrected chi connectivity index (χ3v) is 5.96. The Labute approximate surface area is 193 Å². The maximum Gasteiger partial charge on any atom is 0.338 e. The number of methoxy groups -OCH3 is 1. The summed E-state index contributed by atoms with van der Waals surface area (Å²) in [7, 11) is 1.67. The van der Waals surface area contributed by atoms with Crippen molar-refractivity contribution in [3.8, 4) is 28.0 Å². The Morgan fingerprint density at radius 1 is 0.667 bits per heavy atom. The molecule has 33 heavy (non-hydrogen) atoms. The summed E-state index contributed by atoms with van der Waals surface area (Å²) in [6.45, 7) is 2.16. The van der Waals surface area contributed by atoms with Crippen LogP contribution in [0.3, 0.4) is 0 Å². The van der Waals surface area contributed by atoms with Gasteiger partial charge in [0.05, 0.1) is 19.3 Å². The lowest BCUT2D eigenvalue weighted by Gasteiger charge is -2.19. The first kappa shape index (κ1) is 20.8. The van der Waals surface area contributed by atoms with Gasteiger partial charge in [-0.2, -0.15) is 0 Å². The van der Waals surface area contributed by atoms with Crippen LogP contribution >= 0.6 is 0 Å². The molecule has 3 nitrogen and oxygen atoms in total. The molecule has 0 aliphatic rings. The largest absolute Gasteiger partial charge is 0.497 e. The third-order valence-electron chi connectivity index (χ3n) is 5.96. The SMILES string of the molecule is CCOC(=O)c1ccc2c(-c3ccccc3)c(-c3ccccc3)c3ccc(OC)cc3c2c1. The van der Waals surface area contributed by atoms with Crippen LogP contribution in [0.4, 0.5) is 0 Å². The Morgan fingerprint density at radius 2 is 1.21 bits per heavy atom. The molecule has 0 atom stereocenters. The first-order chi connectivity index (χ1) is 16.2. The number of hydrogen-bond acceptors (Lipinski definition) is 3. The van der Waals surface area contributed by atoms with Crippen molar-refractivity contribution >= 4 is 27.5 Å². The monoisotopic (exact) mass is 432 g/mol. The zero-order chi connectivity index (χ0) is 22.8. The zero-order valence-corrected chi connectivity index (χ0v) is 18.7. The molecule has 5 rings (SSSR count). The molecule has 0 saturated heterocycles. The first-order valence-corrected chi connectivity index (χ1v) is 11.1. The Morgan fingerprint density at radius 3 is 1.76 bits per heavy atom. The van der Waals surface area contributed by atoms with Crippen LogP contribution in [-0.2, 0) is 4.74 Å². The summed E-state index contributed by atoms with van der Waals surface area (Å²) in [4.78, 5) is 12.5. The zero-order valence-electron chi connectivity index (χ0n) is 18.7. The summed E-state index contributed by atoms with van der Waals surface area (Å²) in [6.07, 6.45) is 0. The van der Waals surface area contributed by atoms with Gasteiger partial charge in [-0.05, 0) is 75.0 Å². The highest BCUT2D eigenvalue weighted by molar-refractivity contribution is 6.22. The third kappa shape index (κ3) is 3.72. The van der Waals surface area contributed by atoms with Gasteiger partial charge in [0.2, 0.25) is 0 Å². The summed E-state index contributed by atoms with van der Waals surface area (Å²) in [5.74, 6) is 0.459. The molecular formula is C30H24O3. The van der Waals surface area contributed by atoms with E-state index < -0.39 is 0 Å². The average molecular weight is 433 g/mol. The molecular weight excluding hydrogens is 408 g/mol. The van der Waals surface area contributed by atoms with Crippen molar-refractivity contribution in [1.82, 2.24) is 0 Å². The Bertz CT molecular complexity index is 1450. The van der Waals surface area contributed by atoms with Crippen LogP contribution in [0, 0.1) is 0 Å². The minimum atomic E-state index is -0.316. The van der Waals surface area contributed by atoms with Gasteiger partial charge in [0.25, 0.3) is 0 Å². The lowest BCUT2D eigenvalue weighted by Crippen LogP contribution is -2.04. The van der Waals surface area contributed by atoms with Gasteiger partial charge in [0.1, 0.15) is 5.75 Å². The molecule has 0 aliphatic heterocycles. The van der Waals surface area contributed by atoms with Gasteiger partial charge in [0.15, 0.2) is 0 Å². The van der Waals surface area contributed by atoms with E-state index in [1.54, 1.807) is 7.11 Å². The number of ether oxygens (including phenoxy) is 2. The number of esters is 1. The molecule has 162 valence electrons. The van der Waals surface area contributed by atoms with E-state index in [9.17, 15) is 4.79 Å². The number of rotatable bonds is 5. The second kappa shape index (κ2) is 8.79. The summed E-state index contributed by atoms with van der Waals surface area (Å²) >= 11 is 0. The Hall–Kier alpha value is -4.11. The summed E-state index contributed by atoms with van der Waals surface area (Å²) < 4.78 is 10.8. The minimum Gasteiger partial charge on any atom is -0.497 e. The number of carbonyl (C=O) groups excluding carboxylic acids is 1. The molecule has 0 aromatic heterocycles. The van der Waals surface area contributed by atoms with Gasteiger partial charge in [-0.3, -0.25) is 0 Å². The van der Waals surface area contributed by atoms with Crippen LogP contribution in [0.1, 0.15) is 17.3 Å². The van der Waals surface area contributed by atoms with E-state index in [-0.39, 0.29) is 5.97 Å². The second-order valence-electron chi connectivity index (χ2n) is 7.87. The van der Waals surface area contributed by atoms with E-state index in [2.05, 4.69) is 54.6 Å². The highest BCUT2D eigenvalue weighted by atomic mass is 16.5. The molecule has 0 aliphatic carbocycles. The van der Waals surface area contributed by atoms with Crippen molar-refractivity contribution in [2.45, 2.75) is 6.92 Å². The molecule has 0 saturated carbocycles. The Balaban J connectivity index is 1.97. The lowest BCUT2D eigenvalue weighted by atomic mass is 9.84. The maximum absolute atomic E-state index is 12.5. The van der Waals surface area contributed by atoms with E-state index in [1.165, 1.54) is 0 Å². The van der Waals surface area contributed by atoms with Gasteiger partial charge in [-0.25, -0.2) is 4.79 Å². The van der Waals surface area contributed by atoms with Crippen LogP contribution in [-0.4, -0.2) is 19.7 Å². The van der Waals surface area contributed by atoms with Gasteiger partial charge < -0.3 is 9.47 Å². The Kier molecular flexibility index (Phi) is 5.54. The van der Waals surface area contributed by atoms with Crippen LogP contribution in [0.2, 0.25) is 0 Å². The predicted octanol–water partition coefficient (Wildman–Crippen LogP) is 7.51. The standard InChI is InChI=1S/C30H24O3/c1-3-33-30(31)22-14-16-24-26(18-22)27-19-23(32-2)15-17-25(27)29(21-12-8-5-9-13-21)28(24)20-10-6-4-7-11-20/h4-19H,3H2,1-2H3. The molecule has 0 radical (unpaired) electrons. The van der Waals surface area contributed by atoms with E-state index in [0.717, 1.165) is 49.5 Å². The van der Waals surface area contributed by atoms with E-state index in [0.29, 0.717) is 12.2 Å². The number of fused-ring (bicyclic) bond motifs is 3. The van der Waals surface area contributed by atoms with Crippen LogP contribution in [0.15, 0.2) is 97.1 Å².